The third kappa shape index (κ3) is 37.6. The fraction of sp³-hybridized carbons (Fsp3) is 0.816. The monoisotopic (exact) mass is 774 g/mol. The molecule has 322 valence electrons. The lowest BCUT2D eigenvalue weighted by molar-refractivity contribution is -0.132. The molecular formula is C49H91NO5. The van der Waals surface area contributed by atoms with Gasteiger partial charge in [-0.05, 0) is 84.0 Å². The Labute approximate surface area is 340 Å². The fourth-order valence-corrected chi connectivity index (χ4v) is 7.09. The standard InChI is InChI=1S/C49H91NO5/c1-3-5-7-9-11-13-15-17-18-19-20-21-22-23-24-25-26-27-28-29-30-31-33-35-37-39-41-43-47(53)49(55)50-45(44-51)48(54)46(52)42-40-38-36-34-32-16-14-12-10-8-6-4-2/h4,6,12,14,23-24,34,36,45-48,51-54H,3,5,7-11,13,15-22,25-33,35,37-44H2,1-2H3,(H,50,55)/b6-4+,14-12+,24-23-,36-34+. The van der Waals surface area contributed by atoms with Gasteiger partial charge in [0.2, 0.25) is 5.91 Å². The molecule has 6 heteroatoms. The highest BCUT2D eigenvalue weighted by atomic mass is 16.3. The summed E-state index contributed by atoms with van der Waals surface area (Å²) >= 11 is 0. The van der Waals surface area contributed by atoms with E-state index in [2.05, 4.69) is 60.8 Å². The van der Waals surface area contributed by atoms with Crippen LogP contribution in [-0.4, -0.2) is 57.3 Å². The zero-order chi connectivity index (χ0) is 40.3. The van der Waals surface area contributed by atoms with Crippen molar-refractivity contribution in [2.75, 3.05) is 6.61 Å². The van der Waals surface area contributed by atoms with Crippen molar-refractivity contribution >= 4 is 5.91 Å². The largest absolute Gasteiger partial charge is 0.394 e. The summed E-state index contributed by atoms with van der Waals surface area (Å²) in [7, 11) is 0. The van der Waals surface area contributed by atoms with Crippen LogP contribution in [-0.2, 0) is 4.79 Å². The zero-order valence-electron chi connectivity index (χ0n) is 36.2. The Morgan fingerprint density at radius 2 is 0.836 bits per heavy atom. The number of carbonyl (C=O) groups is 1. The van der Waals surface area contributed by atoms with Gasteiger partial charge in [0.05, 0.1) is 18.8 Å². The van der Waals surface area contributed by atoms with E-state index in [1.54, 1.807) is 0 Å². The topological polar surface area (TPSA) is 110 Å². The number of hydrogen-bond donors (Lipinski definition) is 5. The second kappa shape index (κ2) is 43.4. The Balaban J connectivity index is 3.67. The lowest BCUT2D eigenvalue weighted by Crippen LogP contribution is -2.53. The Bertz CT molecular complexity index is 915. The number of nitrogens with one attached hydrogen (secondary N) is 1. The molecule has 0 aromatic rings. The van der Waals surface area contributed by atoms with Gasteiger partial charge < -0.3 is 25.7 Å². The number of aliphatic hydroxyl groups is 4. The first-order chi connectivity index (χ1) is 27.0. The van der Waals surface area contributed by atoms with Crippen LogP contribution in [0.4, 0.5) is 0 Å². The van der Waals surface area contributed by atoms with Crippen molar-refractivity contribution in [2.45, 2.75) is 250 Å². The summed E-state index contributed by atoms with van der Waals surface area (Å²) in [6, 6.07) is -1.01. The number of rotatable bonds is 42. The van der Waals surface area contributed by atoms with Gasteiger partial charge in [0.25, 0.3) is 0 Å². The zero-order valence-corrected chi connectivity index (χ0v) is 36.2. The Morgan fingerprint density at radius 1 is 0.473 bits per heavy atom. The van der Waals surface area contributed by atoms with Crippen molar-refractivity contribution in [2.24, 2.45) is 0 Å². The summed E-state index contributed by atoms with van der Waals surface area (Å²) in [5.41, 5.74) is 0. The maximum absolute atomic E-state index is 12.5. The lowest BCUT2D eigenvalue weighted by atomic mass is 10.00. The number of allylic oxidation sites excluding steroid dienone is 8. The van der Waals surface area contributed by atoms with Crippen LogP contribution in [0.5, 0.6) is 0 Å². The predicted molar refractivity (Wildman–Crippen MR) is 237 cm³/mol. The van der Waals surface area contributed by atoms with Gasteiger partial charge in [-0.15, -0.1) is 0 Å². The number of hydrogen-bond acceptors (Lipinski definition) is 5. The van der Waals surface area contributed by atoms with E-state index in [4.69, 9.17) is 0 Å². The smallest absolute Gasteiger partial charge is 0.249 e. The summed E-state index contributed by atoms with van der Waals surface area (Å²) in [5.74, 6) is -0.602. The quantitative estimate of drug-likeness (QED) is 0.0313. The van der Waals surface area contributed by atoms with Gasteiger partial charge in [-0.1, -0.05) is 190 Å². The third-order valence-electron chi connectivity index (χ3n) is 10.8. The van der Waals surface area contributed by atoms with Crippen molar-refractivity contribution in [1.82, 2.24) is 5.32 Å². The summed E-state index contributed by atoms with van der Waals surface area (Å²) in [6.07, 6.45) is 53.2. The minimum absolute atomic E-state index is 0.357. The molecule has 55 heavy (non-hydrogen) atoms. The van der Waals surface area contributed by atoms with Crippen LogP contribution < -0.4 is 5.32 Å². The lowest BCUT2D eigenvalue weighted by Gasteiger charge is -2.27. The molecule has 0 aliphatic rings. The van der Waals surface area contributed by atoms with Crippen LogP contribution in [0.25, 0.3) is 0 Å². The highest BCUT2D eigenvalue weighted by Gasteiger charge is 2.28. The molecule has 6 nitrogen and oxygen atoms in total. The van der Waals surface area contributed by atoms with Crippen molar-refractivity contribution in [3.63, 3.8) is 0 Å². The minimum Gasteiger partial charge on any atom is -0.394 e. The first-order valence-corrected chi connectivity index (χ1v) is 23.5. The van der Waals surface area contributed by atoms with E-state index < -0.39 is 36.9 Å². The van der Waals surface area contributed by atoms with E-state index in [9.17, 15) is 25.2 Å². The molecule has 0 radical (unpaired) electrons. The molecule has 0 rings (SSSR count). The molecule has 0 bridgehead atoms. The average Bonchev–Trinajstić information content (AvgIpc) is 3.19. The number of unbranched alkanes of at least 4 members (excludes halogenated alkanes) is 26. The second-order valence-electron chi connectivity index (χ2n) is 16.1. The normalized spacial score (nSPS) is 14.5. The maximum Gasteiger partial charge on any atom is 0.249 e. The molecule has 0 heterocycles. The van der Waals surface area contributed by atoms with E-state index in [1.165, 1.54) is 141 Å². The van der Waals surface area contributed by atoms with Crippen LogP contribution in [0.3, 0.4) is 0 Å². The molecular weight excluding hydrogens is 683 g/mol. The van der Waals surface area contributed by atoms with Gasteiger partial charge in [-0.2, -0.15) is 0 Å². The van der Waals surface area contributed by atoms with Gasteiger partial charge in [-0.3, -0.25) is 4.79 Å². The van der Waals surface area contributed by atoms with Crippen LogP contribution in [0.15, 0.2) is 48.6 Å². The Hall–Kier alpha value is -1.73. The van der Waals surface area contributed by atoms with Gasteiger partial charge >= 0.3 is 0 Å². The molecule has 0 saturated heterocycles. The number of aliphatic hydroxyl groups excluding tert-OH is 4. The highest BCUT2D eigenvalue weighted by Crippen LogP contribution is 2.16. The van der Waals surface area contributed by atoms with Crippen molar-refractivity contribution < 1.29 is 25.2 Å². The molecule has 0 saturated carbocycles. The van der Waals surface area contributed by atoms with Gasteiger partial charge in [0.1, 0.15) is 12.2 Å². The molecule has 4 unspecified atom stereocenters. The average molecular weight is 774 g/mol. The van der Waals surface area contributed by atoms with Gasteiger partial charge in [-0.25, -0.2) is 0 Å². The molecule has 0 spiro atoms. The summed E-state index contributed by atoms with van der Waals surface area (Å²) in [5, 5.41) is 43.6. The van der Waals surface area contributed by atoms with E-state index in [0.29, 0.717) is 19.3 Å². The van der Waals surface area contributed by atoms with Crippen LogP contribution >= 0.6 is 0 Å². The number of amides is 1. The first-order valence-electron chi connectivity index (χ1n) is 23.5. The second-order valence-corrected chi connectivity index (χ2v) is 16.1. The predicted octanol–water partition coefficient (Wildman–Crippen LogP) is 12.7. The molecule has 1 amide bonds. The summed E-state index contributed by atoms with van der Waals surface area (Å²) in [6.45, 7) is 3.82. The van der Waals surface area contributed by atoms with Gasteiger partial charge in [0.15, 0.2) is 0 Å². The fourth-order valence-electron chi connectivity index (χ4n) is 7.09. The molecule has 0 aromatic heterocycles. The minimum atomic E-state index is -1.29. The SMILES string of the molecule is C/C=C/CC/C=C/CC/C=C/CCCC(O)C(O)C(CO)NC(=O)C(O)CCCCCCCCCCCCC/C=C\CCCCCCCCCCCCCC. The molecule has 0 aliphatic carbocycles. The highest BCUT2D eigenvalue weighted by molar-refractivity contribution is 5.80. The molecule has 0 aromatic carbocycles. The van der Waals surface area contributed by atoms with Gasteiger partial charge in [0, 0.05) is 0 Å². The van der Waals surface area contributed by atoms with Crippen LogP contribution in [0.1, 0.15) is 226 Å². The molecule has 0 aliphatic heterocycles. The Kier molecular flexibility index (Phi) is 42.0. The van der Waals surface area contributed by atoms with E-state index >= 15 is 0 Å². The first kappa shape index (κ1) is 53.3. The van der Waals surface area contributed by atoms with Crippen molar-refractivity contribution in [1.29, 1.82) is 0 Å². The van der Waals surface area contributed by atoms with E-state index in [-0.39, 0.29) is 0 Å². The molecule has 4 atom stereocenters. The van der Waals surface area contributed by atoms with E-state index in [1.807, 2.05) is 6.92 Å². The van der Waals surface area contributed by atoms with E-state index in [0.717, 1.165) is 51.4 Å². The third-order valence-corrected chi connectivity index (χ3v) is 10.8. The molecule has 5 N–H and O–H groups in total. The van der Waals surface area contributed by atoms with Crippen LogP contribution in [0.2, 0.25) is 0 Å². The van der Waals surface area contributed by atoms with Crippen molar-refractivity contribution in [3.8, 4) is 0 Å². The van der Waals surface area contributed by atoms with Crippen LogP contribution in [0, 0.1) is 0 Å². The Morgan fingerprint density at radius 3 is 1.25 bits per heavy atom. The maximum atomic E-state index is 12.5. The summed E-state index contributed by atoms with van der Waals surface area (Å²) in [4.78, 5) is 12.5. The molecule has 0 fully saturated rings. The summed E-state index contributed by atoms with van der Waals surface area (Å²) < 4.78 is 0. The van der Waals surface area contributed by atoms with Crippen molar-refractivity contribution in [3.05, 3.63) is 48.6 Å². The number of carbonyl (C=O) groups excluding carboxylic acids is 1.